The molecule has 10 heteroatoms. The van der Waals surface area contributed by atoms with E-state index in [9.17, 15) is 19.8 Å². The van der Waals surface area contributed by atoms with Gasteiger partial charge in [0, 0.05) is 17.8 Å². The highest BCUT2D eigenvalue weighted by molar-refractivity contribution is 7.14. The van der Waals surface area contributed by atoms with Crippen molar-refractivity contribution in [3.8, 4) is 11.5 Å². The number of imidazole rings is 1. The van der Waals surface area contributed by atoms with Gasteiger partial charge < -0.3 is 14.9 Å². The number of aryl methyl sites for hydroxylation is 1. The molecule has 0 aliphatic carbocycles. The topological polar surface area (TPSA) is 117 Å². The summed E-state index contributed by atoms with van der Waals surface area (Å²) in [6, 6.07) is 8.98. The molecule has 172 valence electrons. The highest BCUT2D eigenvalue weighted by Gasteiger charge is 2.48. The van der Waals surface area contributed by atoms with Crippen LogP contribution in [0.3, 0.4) is 0 Å². The Kier molecular flexibility index (Phi) is 5.29. The molecule has 5 rings (SSSR count). The first-order valence-electron chi connectivity index (χ1n) is 10.5. The molecule has 4 aromatic rings. The normalized spacial score (nSPS) is 17.6. The Morgan fingerprint density at radius 2 is 2.06 bits per heavy atom. The summed E-state index contributed by atoms with van der Waals surface area (Å²) in [6.07, 6.45) is 3.26. The fourth-order valence-corrected chi connectivity index (χ4v) is 4.85. The molecular formula is C24H20N4O5S. The maximum absolute atomic E-state index is 13.3. The van der Waals surface area contributed by atoms with Crippen molar-refractivity contribution in [3.05, 3.63) is 76.7 Å². The Balaban J connectivity index is 1.78. The average Bonchev–Trinajstić information content (AvgIpc) is 3.52. The van der Waals surface area contributed by atoms with Crippen LogP contribution in [-0.4, -0.2) is 42.9 Å². The molecule has 0 spiro atoms. The Morgan fingerprint density at radius 1 is 1.24 bits per heavy atom. The monoisotopic (exact) mass is 476 g/mol. The fraction of sp³-hybridized carbons (Fsp3) is 0.167. The van der Waals surface area contributed by atoms with Crippen LogP contribution >= 0.6 is 11.3 Å². The minimum atomic E-state index is -0.986. The van der Waals surface area contributed by atoms with Gasteiger partial charge in [0.15, 0.2) is 22.4 Å². The van der Waals surface area contributed by atoms with E-state index in [1.165, 1.54) is 28.5 Å². The lowest BCUT2D eigenvalue weighted by atomic mass is 9.96. The van der Waals surface area contributed by atoms with E-state index >= 15 is 0 Å². The molecular weight excluding hydrogens is 456 g/mol. The van der Waals surface area contributed by atoms with Crippen molar-refractivity contribution in [1.82, 2.24) is 14.4 Å². The van der Waals surface area contributed by atoms with Crippen molar-refractivity contribution < 1.29 is 24.5 Å². The zero-order chi connectivity index (χ0) is 24.0. The number of carbonyl (C=O) groups excluding carboxylic acids is 2. The van der Waals surface area contributed by atoms with Crippen LogP contribution in [0.2, 0.25) is 0 Å². The molecule has 3 aromatic heterocycles. The number of aliphatic hydroxyl groups is 1. The average molecular weight is 477 g/mol. The van der Waals surface area contributed by atoms with E-state index in [0.29, 0.717) is 34.3 Å². The maximum atomic E-state index is 13.3. The van der Waals surface area contributed by atoms with Gasteiger partial charge in [0.25, 0.3) is 5.78 Å². The van der Waals surface area contributed by atoms with E-state index in [0.717, 1.165) is 0 Å². The lowest BCUT2D eigenvalue weighted by molar-refractivity contribution is -0.132. The van der Waals surface area contributed by atoms with Crippen molar-refractivity contribution in [2.24, 2.45) is 0 Å². The van der Waals surface area contributed by atoms with Gasteiger partial charge in [-0.2, -0.15) is 0 Å². The van der Waals surface area contributed by atoms with Crippen LogP contribution in [0.4, 0.5) is 5.13 Å². The lowest BCUT2D eigenvalue weighted by Gasteiger charge is -2.23. The number of pyridine rings is 1. The van der Waals surface area contributed by atoms with Gasteiger partial charge in [-0.3, -0.25) is 18.9 Å². The summed E-state index contributed by atoms with van der Waals surface area (Å²) in [5.74, 6) is -1.86. The summed E-state index contributed by atoms with van der Waals surface area (Å²) in [5, 5.41) is 23.7. The first-order chi connectivity index (χ1) is 16.4. The van der Waals surface area contributed by atoms with E-state index in [1.54, 1.807) is 54.1 Å². The van der Waals surface area contributed by atoms with Gasteiger partial charge in [-0.1, -0.05) is 12.1 Å². The number of benzene rings is 1. The molecule has 1 unspecified atom stereocenters. The molecule has 1 atom stereocenters. The number of fused-ring (bicyclic) bond motifs is 1. The van der Waals surface area contributed by atoms with Gasteiger partial charge in [0.1, 0.15) is 11.3 Å². The second-order valence-electron chi connectivity index (χ2n) is 7.62. The zero-order valence-corrected chi connectivity index (χ0v) is 19.1. The third-order valence-electron chi connectivity index (χ3n) is 5.60. The van der Waals surface area contributed by atoms with Crippen LogP contribution in [0.15, 0.2) is 59.7 Å². The molecule has 1 aliphatic heterocycles. The van der Waals surface area contributed by atoms with Crippen molar-refractivity contribution in [3.63, 3.8) is 0 Å². The van der Waals surface area contributed by atoms with Crippen LogP contribution < -0.4 is 9.64 Å². The number of rotatable bonds is 5. The molecule has 0 radical (unpaired) electrons. The molecule has 0 saturated carbocycles. The van der Waals surface area contributed by atoms with Crippen molar-refractivity contribution in [2.45, 2.75) is 19.9 Å². The number of carbonyl (C=O) groups is 2. The number of aliphatic hydroxyl groups excluding tert-OH is 1. The van der Waals surface area contributed by atoms with Gasteiger partial charge in [0.2, 0.25) is 0 Å². The predicted molar refractivity (Wildman–Crippen MR) is 126 cm³/mol. The lowest BCUT2D eigenvalue weighted by Crippen LogP contribution is -2.29. The number of nitrogens with zero attached hydrogens (tertiary/aromatic N) is 4. The second-order valence-corrected chi connectivity index (χ2v) is 8.49. The summed E-state index contributed by atoms with van der Waals surface area (Å²) >= 11 is 1.20. The quantitative estimate of drug-likeness (QED) is 0.255. The molecule has 0 bridgehead atoms. The maximum Gasteiger partial charge on any atom is 0.301 e. The number of hydrogen-bond donors (Lipinski definition) is 2. The number of ketones is 1. The number of Topliss-reactive ketones (excluding diaryl/α,β-unsaturated/α-hetero) is 1. The Labute approximate surface area is 198 Å². The molecule has 1 saturated heterocycles. The molecule has 4 heterocycles. The summed E-state index contributed by atoms with van der Waals surface area (Å²) in [7, 11) is 0. The highest BCUT2D eigenvalue weighted by Crippen LogP contribution is 2.44. The van der Waals surface area contributed by atoms with Crippen LogP contribution in [0.25, 0.3) is 11.4 Å². The Hall–Kier alpha value is -4.18. The van der Waals surface area contributed by atoms with Gasteiger partial charge in [-0.05, 0) is 43.7 Å². The number of thiazole rings is 1. The number of amides is 1. The first kappa shape index (κ1) is 21.7. The molecule has 1 aliphatic rings. The minimum absolute atomic E-state index is 0.0746. The highest BCUT2D eigenvalue weighted by atomic mass is 32.1. The van der Waals surface area contributed by atoms with Crippen LogP contribution in [0.5, 0.6) is 11.5 Å². The van der Waals surface area contributed by atoms with Gasteiger partial charge in [-0.25, -0.2) is 9.97 Å². The smallest absolute Gasteiger partial charge is 0.301 e. The number of anilines is 1. The Morgan fingerprint density at radius 3 is 2.79 bits per heavy atom. The van der Waals surface area contributed by atoms with E-state index in [2.05, 4.69) is 9.97 Å². The summed E-state index contributed by atoms with van der Waals surface area (Å²) in [6.45, 7) is 3.81. The fourth-order valence-electron chi connectivity index (χ4n) is 4.18. The van der Waals surface area contributed by atoms with Crippen LogP contribution in [0, 0.1) is 6.92 Å². The molecule has 2 N–H and O–H groups in total. The summed E-state index contributed by atoms with van der Waals surface area (Å²) in [5.41, 5.74) is 1.80. The SMILES string of the molecule is CCOc1cc(C2C(=C(O)c3c(C)nc4ccccn34)C(=O)C(=O)N2c2nccs2)ccc1O. The largest absolute Gasteiger partial charge is 0.505 e. The van der Waals surface area contributed by atoms with E-state index in [4.69, 9.17) is 4.74 Å². The van der Waals surface area contributed by atoms with Gasteiger partial charge >= 0.3 is 5.91 Å². The number of phenolic OH excluding ortho intramolecular Hbond substituents is 1. The van der Waals surface area contributed by atoms with E-state index in [1.807, 2.05) is 6.07 Å². The van der Waals surface area contributed by atoms with Crippen molar-refractivity contribution in [2.75, 3.05) is 11.5 Å². The predicted octanol–water partition coefficient (Wildman–Crippen LogP) is 3.83. The van der Waals surface area contributed by atoms with Crippen LogP contribution in [0.1, 0.15) is 29.9 Å². The Bertz CT molecular complexity index is 1460. The van der Waals surface area contributed by atoms with Crippen molar-refractivity contribution >= 4 is 39.6 Å². The number of ether oxygens (including phenoxy) is 1. The van der Waals surface area contributed by atoms with Crippen molar-refractivity contribution in [1.29, 1.82) is 0 Å². The molecule has 1 aromatic carbocycles. The molecule has 1 amide bonds. The van der Waals surface area contributed by atoms with Crippen LogP contribution in [-0.2, 0) is 9.59 Å². The second kappa shape index (κ2) is 8.31. The number of aromatic nitrogens is 3. The third kappa shape index (κ3) is 3.30. The first-order valence-corrected chi connectivity index (χ1v) is 11.4. The zero-order valence-electron chi connectivity index (χ0n) is 18.3. The van der Waals surface area contributed by atoms with E-state index in [-0.39, 0.29) is 22.8 Å². The van der Waals surface area contributed by atoms with E-state index < -0.39 is 17.7 Å². The minimum Gasteiger partial charge on any atom is -0.505 e. The molecule has 34 heavy (non-hydrogen) atoms. The van der Waals surface area contributed by atoms with Gasteiger partial charge in [-0.15, -0.1) is 11.3 Å². The standard InChI is InChI=1S/C24H20N4O5S/c1-3-33-16-12-14(7-8-15(16)29)20-18(22(31)23(32)28(20)24-25-9-11-34-24)21(30)19-13(2)26-17-6-4-5-10-27(17)19/h4-12,20,29-30H,3H2,1-2H3. The number of aromatic hydroxyl groups is 1. The molecule has 9 nitrogen and oxygen atoms in total. The summed E-state index contributed by atoms with van der Waals surface area (Å²) in [4.78, 5) is 36.5. The number of hydrogen-bond acceptors (Lipinski definition) is 8. The van der Waals surface area contributed by atoms with Gasteiger partial charge in [0.05, 0.1) is 23.9 Å². The summed E-state index contributed by atoms with van der Waals surface area (Å²) < 4.78 is 7.18. The molecule has 1 fully saturated rings. The third-order valence-corrected chi connectivity index (χ3v) is 6.37. The number of phenols is 1.